The number of hydrogen-bond donors (Lipinski definition) is 2. The van der Waals surface area contributed by atoms with Gasteiger partial charge in [0.1, 0.15) is 0 Å². The summed E-state index contributed by atoms with van der Waals surface area (Å²) in [5, 5.41) is 9.86. The molecule has 0 unspecified atom stereocenters. The predicted octanol–water partition coefficient (Wildman–Crippen LogP) is 4.71. The van der Waals surface area contributed by atoms with Crippen LogP contribution < -0.4 is 10.6 Å². The smallest absolute Gasteiger partial charge is 0.339 e. The molecule has 11 nitrogen and oxygen atoms in total. The van der Waals surface area contributed by atoms with E-state index < -0.39 is 17.8 Å². The zero-order chi connectivity index (χ0) is 32.6. The molecule has 0 atom stereocenters. The van der Waals surface area contributed by atoms with E-state index in [9.17, 15) is 27.6 Å². The molecule has 47 heavy (non-hydrogen) atoms. The molecular weight excluding hydrogens is 660 g/mol. The molecule has 2 aromatic heterocycles. The van der Waals surface area contributed by atoms with E-state index in [1.165, 1.54) is 46.9 Å². The van der Waals surface area contributed by atoms with Crippen molar-refractivity contribution < 1.29 is 27.6 Å². The van der Waals surface area contributed by atoms with Crippen LogP contribution in [0, 0.1) is 11.8 Å². The van der Waals surface area contributed by atoms with Gasteiger partial charge < -0.3 is 25.0 Å². The quantitative estimate of drug-likeness (QED) is 0.352. The van der Waals surface area contributed by atoms with Crippen molar-refractivity contribution in [3.63, 3.8) is 0 Å². The molecule has 6 rings (SSSR count). The number of hydrogen-bond acceptors (Lipinski definition) is 6. The number of amides is 3. The normalized spacial score (nSPS) is 17.4. The van der Waals surface area contributed by atoms with Crippen LogP contribution in [0.1, 0.15) is 58.8 Å². The van der Waals surface area contributed by atoms with Gasteiger partial charge in [-0.25, -0.2) is 4.98 Å². The first kappa shape index (κ1) is 34.7. The molecule has 254 valence electrons. The number of aromatic nitrogens is 4. The van der Waals surface area contributed by atoms with Gasteiger partial charge in [-0.3, -0.25) is 19.1 Å². The van der Waals surface area contributed by atoms with Gasteiger partial charge in [0, 0.05) is 57.6 Å². The summed E-state index contributed by atoms with van der Waals surface area (Å²) >= 11 is 6.47. The standard InChI is InChI=1S/C31H36ClF3N8O3.ClH/c1-40-25(23-18-43(11-8-19-2-3-19)39-26(23)31(33,34)35)17-37-27(40)28(44)38-21-4-5-22(24(32)16-21)30(46)42-14-12-41(13-15-42)29(45)20-6-9-36-10-7-20;/h4-5,16-20,36H,2-3,6-15H2,1H3,(H,38,44);1H. The fourth-order valence-electron chi connectivity index (χ4n) is 6.11. The predicted molar refractivity (Wildman–Crippen MR) is 172 cm³/mol. The monoisotopic (exact) mass is 696 g/mol. The van der Waals surface area contributed by atoms with Gasteiger partial charge in [-0.15, -0.1) is 12.4 Å². The molecule has 0 spiro atoms. The number of nitrogens with one attached hydrogen (secondary N) is 2. The second kappa shape index (κ2) is 14.2. The maximum atomic E-state index is 13.9. The summed E-state index contributed by atoms with van der Waals surface area (Å²) in [6.45, 7) is 3.74. The van der Waals surface area contributed by atoms with Crippen molar-refractivity contribution in [1.82, 2.24) is 34.4 Å². The SMILES string of the molecule is Cl.Cn1c(-c2cn(CCC3CC3)nc2C(F)(F)F)cnc1C(=O)Nc1ccc(C(=O)N2CCN(C(=O)C3CCNCC3)CC2)c(Cl)c1. The second-order valence-corrected chi connectivity index (χ2v) is 12.6. The molecule has 1 aliphatic carbocycles. The van der Waals surface area contributed by atoms with E-state index in [4.69, 9.17) is 11.6 Å². The molecular formula is C31H37Cl2F3N8O3. The first-order chi connectivity index (χ1) is 22.0. The summed E-state index contributed by atoms with van der Waals surface area (Å²) in [5.74, 6) is -0.340. The van der Waals surface area contributed by atoms with Crippen LogP contribution >= 0.6 is 24.0 Å². The lowest BCUT2D eigenvalue weighted by Crippen LogP contribution is -2.52. The minimum Gasteiger partial charge on any atom is -0.339 e. The number of piperazine rings is 1. The van der Waals surface area contributed by atoms with Crippen molar-refractivity contribution in [2.45, 2.75) is 44.8 Å². The zero-order valence-electron chi connectivity index (χ0n) is 25.9. The maximum Gasteiger partial charge on any atom is 0.435 e. The van der Waals surface area contributed by atoms with E-state index in [2.05, 4.69) is 20.7 Å². The zero-order valence-corrected chi connectivity index (χ0v) is 27.4. The van der Waals surface area contributed by atoms with Crippen LogP contribution in [-0.2, 0) is 24.6 Å². The van der Waals surface area contributed by atoms with Crippen molar-refractivity contribution >= 4 is 47.4 Å². The Bertz CT molecular complexity index is 1620. The average Bonchev–Trinajstić information content (AvgIpc) is 3.64. The minimum atomic E-state index is -4.68. The number of anilines is 1. The number of halogens is 5. The van der Waals surface area contributed by atoms with E-state index in [-0.39, 0.29) is 63.5 Å². The fourth-order valence-corrected chi connectivity index (χ4v) is 6.37. The Hall–Kier alpha value is -3.62. The Balaban J connectivity index is 0.00000433. The highest BCUT2D eigenvalue weighted by molar-refractivity contribution is 6.34. The van der Waals surface area contributed by atoms with Gasteiger partial charge in [0.15, 0.2) is 11.5 Å². The molecule has 16 heteroatoms. The number of piperidine rings is 1. The topological polar surface area (TPSA) is 117 Å². The summed E-state index contributed by atoms with van der Waals surface area (Å²) in [6.07, 6.45) is 2.48. The molecule has 0 bridgehead atoms. The van der Waals surface area contributed by atoms with E-state index >= 15 is 0 Å². The minimum absolute atomic E-state index is 0. The van der Waals surface area contributed by atoms with Crippen LogP contribution in [0.3, 0.4) is 0 Å². The van der Waals surface area contributed by atoms with Crippen LogP contribution in [0.25, 0.3) is 11.3 Å². The average molecular weight is 698 g/mol. The van der Waals surface area contributed by atoms with Crippen molar-refractivity contribution in [2.75, 3.05) is 44.6 Å². The summed E-state index contributed by atoms with van der Waals surface area (Å²) in [7, 11) is 1.47. The van der Waals surface area contributed by atoms with Crippen LogP contribution in [0.15, 0.2) is 30.6 Å². The molecule has 1 aromatic carbocycles. The highest BCUT2D eigenvalue weighted by Gasteiger charge is 2.39. The third kappa shape index (κ3) is 7.76. The third-order valence-corrected chi connectivity index (χ3v) is 9.30. The van der Waals surface area contributed by atoms with Crippen LogP contribution in [0.4, 0.5) is 18.9 Å². The number of imidazole rings is 1. The Morgan fingerprint density at radius 3 is 2.36 bits per heavy atom. The molecule has 3 aromatic rings. The first-order valence-electron chi connectivity index (χ1n) is 15.6. The molecule has 4 heterocycles. The largest absolute Gasteiger partial charge is 0.435 e. The number of carbonyl (C=O) groups is 3. The third-order valence-electron chi connectivity index (χ3n) is 8.99. The summed E-state index contributed by atoms with van der Waals surface area (Å²) in [4.78, 5) is 46.8. The van der Waals surface area contributed by atoms with Crippen molar-refractivity contribution in [3.05, 3.63) is 52.7 Å². The molecule has 0 radical (unpaired) electrons. The van der Waals surface area contributed by atoms with E-state index in [1.807, 2.05) is 4.90 Å². The Morgan fingerprint density at radius 2 is 1.72 bits per heavy atom. The summed E-state index contributed by atoms with van der Waals surface area (Å²) < 4.78 is 44.2. The maximum absolute atomic E-state index is 13.9. The summed E-state index contributed by atoms with van der Waals surface area (Å²) in [5.41, 5.74) is -0.528. The second-order valence-electron chi connectivity index (χ2n) is 12.2. The van der Waals surface area contributed by atoms with Crippen molar-refractivity contribution in [2.24, 2.45) is 18.9 Å². The van der Waals surface area contributed by atoms with Crippen molar-refractivity contribution in [3.8, 4) is 11.3 Å². The molecule has 2 saturated heterocycles. The number of nitrogens with zero attached hydrogens (tertiary/aromatic N) is 6. The fraction of sp³-hybridized carbons (Fsp3) is 0.516. The molecule has 2 N–H and O–H groups in total. The number of carbonyl (C=O) groups excluding carboxylic acids is 3. The highest BCUT2D eigenvalue weighted by atomic mass is 35.5. The van der Waals surface area contributed by atoms with Gasteiger partial charge in [-0.2, -0.15) is 18.3 Å². The van der Waals surface area contributed by atoms with Crippen LogP contribution in [0.5, 0.6) is 0 Å². The lowest BCUT2D eigenvalue weighted by atomic mass is 9.96. The van der Waals surface area contributed by atoms with E-state index in [0.717, 1.165) is 45.2 Å². The van der Waals surface area contributed by atoms with Gasteiger partial charge in [0.05, 0.1) is 28.0 Å². The Kier molecular flexibility index (Phi) is 10.5. The van der Waals surface area contributed by atoms with Gasteiger partial charge in [0.2, 0.25) is 5.91 Å². The van der Waals surface area contributed by atoms with Crippen molar-refractivity contribution in [1.29, 1.82) is 0 Å². The molecule has 3 amide bonds. The molecule has 3 aliphatic rings. The molecule has 3 fully saturated rings. The van der Waals surface area contributed by atoms with Gasteiger partial charge in [0.25, 0.3) is 11.8 Å². The van der Waals surface area contributed by atoms with Crippen LogP contribution in [0.2, 0.25) is 5.02 Å². The highest BCUT2D eigenvalue weighted by Crippen LogP contribution is 2.37. The number of rotatable bonds is 8. The number of alkyl halides is 3. The number of benzene rings is 1. The molecule has 1 saturated carbocycles. The van der Waals surface area contributed by atoms with E-state index in [0.29, 0.717) is 38.6 Å². The lowest BCUT2D eigenvalue weighted by Gasteiger charge is -2.37. The van der Waals surface area contributed by atoms with Gasteiger partial charge in [-0.05, 0) is 56.5 Å². The van der Waals surface area contributed by atoms with Gasteiger partial charge in [-0.1, -0.05) is 24.4 Å². The van der Waals surface area contributed by atoms with Gasteiger partial charge >= 0.3 is 6.18 Å². The van der Waals surface area contributed by atoms with E-state index in [1.54, 1.807) is 4.90 Å². The molecule has 2 aliphatic heterocycles. The lowest BCUT2D eigenvalue weighted by molar-refractivity contribution is -0.141. The number of aryl methyl sites for hydroxylation is 1. The van der Waals surface area contributed by atoms with Crippen LogP contribution in [-0.4, -0.2) is 86.1 Å². The Labute approximate surface area is 281 Å². The first-order valence-corrected chi connectivity index (χ1v) is 15.9. The Morgan fingerprint density at radius 1 is 1.04 bits per heavy atom. The summed E-state index contributed by atoms with van der Waals surface area (Å²) in [6, 6.07) is 4.49.